The van der Waals surface area contributed by atoms with Gasteiger partial charge in [-0.25, -0.2) is 0 Å². The number of para-hydroxylation sites is 1. The molecule has 0 aliphatic carbocycles. The SMILES string of the molecule is CC1CCC(CO)CN1C(=O)c1cc2cccc(Cl)c2o1. The van der Waals surface area contributed by atoms with Gasteiger partial charge in [0, 0.05) is 24.6 Å². The Bertz CT molecular complexity index is 667. The molecule has 1 aromatic heterocycles. The van der Waals surface area contributed by atoms with Crippen LogP contribution in [0.5, 0.6) is 0 Å². The molecule has 1 aliphatic heterocycles. The molecule has 1 N–H and O–H groups in total. The molecule has 1 fully saturated rings. The van der Waals surface area contributed by atoms with E-state index in [2.05, 4.69) is 0 Å². The van der Waals surface area contributed by atoms with Crippen molar-refractivity contribution in [1.29, 1.82) is 0 Å². The van der Waals surface area contributed by atoms with Crippen molar-refractivity contribution in [2.45, 2.75) is 25.8 Å². The first-order chi connectivity index (χ1) is 10.1. The number of carbonyl (C=O) groups is 1. The summed E-state index contributed by atoms with van der Waals surface area (Å²) in [6.45, 7) is 2.71. The van der Waals surface area contributed by atoms with Gasteiger partial charge >= 0.3 is 0 Å². The molecule has 2 aromatic rings. The second-order valence-electron chi connectivity index (χ2n) is 5.70. The smallest absolute Gasteiger partial charge is 0.289 e. The third kappa shape index (κ3) is 2.65. The van der Waals surface area contributed by atoms with Gasteiger partial charge in [-0.15, -0.1) is 0 Å². The first-order valence-electron chi connectivity index (χ1n) is 7.20. The van der Waals surface area contributed by atoms with E-state index in [0.717, 1.165) is 18.2 Å². The van der Waals surface area contributed by atoms with Gasteiger partial charge in [-0.1, -0.05) is 23.7 Å². The summed E-state index contributed by atoms with van der Waals surface area (Å²) in [5.74, 6) is 0.328. The lowest BCUT2D eigenvalue weighted by Gasteiger charge is -2.36. The zero-order valence-corrected chi connectivity index (χ0v) is 12.6. The number of likely N-dealkylation sites (tertiary alicyclic amines) is 1. The number of furan rings is 1. The number of rotatable bonds is 2. The quantitative estimate of drug-likeness (QED) is 0.926. The monoisotopic (exact) mass is 307 g/mol. The fraction of sp³-hybridized carbons (Fsp3) is 0.438. The third-order valence-electron chi connectivity index (χ3n) is 4.21. The molecule has 2 heterocycles. The Morgan fingerprint density at radius 1 is 1.48 bits per heavy atom. The molecule has 1 aliphatic rings. The van der Waals surface area contributed by atoms with Gasteiger partial charge in [-0.2, -0.15) is 0 Å². The van der Waals surface area contributed by atoms with E-state index in [1.165, 1.54) is 0 Å². The van der Waals surface area contributed by atoms with Crippen LogP contribution in [0.2, 0.25) is 5.02 Å². The van der Waals surface area contributed by atoms with Crippen molar-refractivity contribution in [3.05, 3.63) is 35.0 Å². The van der Waals surface area contributed by atoms with Crippen molar-refractivity contribution in [1.82, 2.24) is 4.90 Å². The molecular formula is C16H18ClNO3. The predicted molar refractivity (Wildman–Crippen MR) is 81.5 cm³/mol. The number of fused-ring (bicyclic) bond motifs is 1. The lowest BCUT2D eigenvalue weighted by Crippen LogP contribution is -2.46. The fourth-order valence-corrected chi connectivity index (χ4v) is 3.11. The number of halogens is 1. The Hall–Kier alpha value is -1.52. The average Bonchev–Trinajstić information content (AvgIpc) is 2.93. The summed E-state index contributed by atoms with van der Waals surface area (Å²) in [6, 6.07) is 7.34. The molecular weight excluding hydrogens is 290 g/mol. The van der Waals surface area contributed by atoms with Crippen molar-refractivity contribution in [2.24, 2.45) is 5.92 Å². The van der Waals surface area contributed by atoms with Crippen molar-refractivity contribution >= 4 is 28.5 Å². The fourth-order valence-electron chi connectivity index (χ4n) is 2.89. The standard InChI is InChI=1S/C16H18ClNO3/c1-10-5-6-11(9-19)8-18(10)16(20)14-7-12-3-2-4-13(17)15(12)21-14/h2-4,7,10-11,19H,5-6,8-9H2,1H3. The average molecular weight is 308 g/mol. The van der Waals surface area contributed by atoms with E-state index in [-0.39, 0.29) is 24.5 Å². The molecule has 3 rings (SSSR count). The van der Waals surface area contributed by atoms with Crippen LogP contribution in [-0.2, 0) is 0 Å². The molecule has 1 amide bonds. The number of aliphatic hydroxyl groups excluding tert-OH is 1. The van der Waals surface area contributed by atoms with Gasteiger partial charge in [0.1, 0.15) is 0 Å². The minimum absolute atomic E-state index is 0.114. The van der Waals surface area contributed by atoms with Crippen molar-refractivity contribution in [3.63, 3.8) is 0 Å². The van der Waals surface area contributed by atoms with E-state index in [1.54, 1.807) is 17.0 Å². The molecule has 5 heteroatoms. The number of nitrogens with zero attached hydrogens (tertiary/aromatic N) is 1. The Morgan fingerprint density at radius 2 is 2.29 bits per heavy atom. The second kappa shape index (κ2) is 5.70. The Balaban J connectivity index is 1.90. The summed E-state index contributed by atoms with van der Waals surface area (Å²) in [6.07, 6.45) is 1.85. The first kappa shape index (κ1) is 14.4. The number of benzene rings is 1. The van der Waals surface area contributed by atoms with Crippen LogP contribution < -0.4 is 0 Å². The lowest BCUT2D eigenvalue weighted by atomic mass is 9.94. The zero-order valence-electron chi connectivity index (χ0n) is 11.9. The summed E-state index contributed by atoms with van der Waals surface area (Å²) < 4.78 is 5.65. The van der Waals surface area contributed by atoms with Gasteiger partial charge in [-0.05, 0) is 37.8 Å². The van der Waals surface area contributed by atoms with Gasteiger partial charge in [0.2, 0.25) is 0 Å². The number of hydrogen-bond donors (Lipinski definition) is 1. The summed E-state index contributed by atoms with van der Waals surface area (Å²) in [4.78, 5) is 14.4. The van der Waals surface area contributed by atoms with Crippen molar-refractivity contribution in [3.8, 4) is 0 Å². The van der Waals surface area contributed by atoms with Crippen LogP contribution in [0, 0.1) is 5.92 Å². The topological polar surface area (TPSA) is 53.7 Å². The normalized spacial score (nSPS) is 22.7. The largest absolute Gasteiger partial charge is 0.449 e. The van der Waals surface area contributed by atoms with Gasteiger partial charge in [0.15, 0.2) is 11.3 Å². The van der Waals surface area contributed by atoms with Crippen LogP contribution >= 0.6 is 11.6 Å². The maximum Gasteiger partial charge on any atom is 0.289 e. The summed E-state index contributed by atoms with van der Waals surface area (Å²) in [5, 5.41) is 10.7. The lowest BCUT2D eigenvalue weighted by molar-refractivity contribution is 0.0461. The highest BCUT2D eigenvalue weighted by Crippen LogP contribution is 2.29. The molecule has 0 saturated carbocycles. The molecule has 0 radical (unpaired) electrons. The van der Waals surface area contributed by atoms with Crippen LogP contribution in [0.4, 0.5) is 0 Å². The molecule has 112 valence electrons. The molecule has 2 unspecified atom stereocenters. The number of carbonyl (C=O) groups excluding carboxylic acids is 1. The number of hydrogen-bond acceptors (Lipinski definition) is 3. The van der Waals surface area contributed by atoms with E-state index in [4.69, 9.17) is 16.0 Å². The van der Waals surface area contributed by atoms with Crippen LogP contribution in [0.25, 0.3) is 11.0 Å². The number of amides is 1. The minimum Gasteiger partial charge on any atom is -0.449 e. The van der Waals surface area contributed by atoms with Crippen molar-refractivity contribution in [2.75, 3.05) is 13.2 Å². The van der Waals surface area contributed by atoms with E-state index < -0.39 is 0 Å². The molecule has 1 aromatic carbocycles. The molecule has 0 spiro atoms. The number of piperidine rings is 1. The van der Waals surface area contributed by atoms with Crippen LogP contribution in [0.3, 0.4) is 0 Å². The van der Waals surface area contributed by atoms with E-state index >= 15 is 0 Å². The highest BCUT2D eigenvalue weighted by molar-refractivity contribution is 6.34. The molecule has 1 saturated heterocycles. The molecule has 4 nitrogen and oxygen atoms in total. The Kier molecular flexibility index (Phi) is 3.91. The van der Waals surface area contributed by atoms with Crippen LogP contribution in [-0.4, -0.2) is 35.1 Å². The molecule has 0 bridgehead atoms. The van der Waals surface area contributed by atoms with Gasteiger partial charge < -0.3 is 14.4 Å². The predicted octanol–water partition coefficient (Wildman–Crippen LogP) is 3.32. The molecule has 21 heavy (non-hydrogen) atoms. The maximum atomic E-state index is 12.7. The highest BCUT2D eigenvalue weighted by atomic mass is 35.5. The van der Waals surface area contributed by atoms with Crippen molar-refractivity contribution < 1.29 is 14.3 Å². The summed E-state index contributed by atoms with van der Waals surface area (Å²) in [7, 11) is 0. The number of aliphatic hydroxyl groups is 1. The second-order valence-corrected chi connectivity index (χ2v) is 6.11. The Labute approximate surface area is 128 Å². The Morgan fingerprint density at radius 3 is 3.00 bits per heavy atom. The first-order valence-corrected chi connectivity index (χ1v) is 7.58. The molecule has 2 atom stereocenters. The third-order valence-corrected chi connectivity index (χ3v) is 4.50. The van der Waals surface area contributed by atoms with E-state index in [1.807, 2.05) is 19.1 Å². The van der Waals surface area contributed by atoms with Gasteiger partial charge in [0.05, 0.1) is 5.02 Å². The van der Waals surface area contributed by atoms with E-state index in [9.17, 15) is 9.90 Å². The van der Waals surface area contributed by atoms with E-state index in [0.29, 0.717) is 22.9 Å². The maximum absolute atomic E-state index is 12.7. The minimum atomic E-state index is -0.132. The van der Waals surface area contributed by atoms with Crippen LogP contribution in [0.15, 0.2) is 28.7 Å². The van der Waals surface area contributed by atoms with Gasteiger partial charge in [0.25, 0.3) is 5.91 Å². The summed E-state index contributed by atoms with van der Waals surface area (Å²) in [5.41, 5.74) is 0.547. The summed E-state index contributed by atoms with van der Waals surface area (Å²) >= 11 is 6.08. The highest BCUT2D eigenvalue weighted by Gasteiger charge is 2.31. The zero-order chi connectivity index (χ0) is 15.0. The van der Waals surface area contributed by atoms with Gasteiger partial charge in [-0.3, -0.25) is 4.79 Å². The van der Waals surface area contributed by atoms with Crippen LogP contribution in [0.1, 0.15) is 30.3 Å².